The fraction of sp³-hybridized carbons (Fsp3) is 0.333. The van der Waals surface area contributed by atoms with Crippen LogP contribution in [0.1, 0.15) is 23.6 Å². The summed E-state index contributed by atoms with van der Waals surface area (Å²) in [6.07, 6.45) is -21.2. The summed E-state index contributed by atoms with van der Waals surface area (Å²) in [6, 6.07) is 13.2. The van der Waals surface area contributed by atoms with Crippen molar-refractivity contribution in [2.75, 3.05) is 11.4 Å². The number of ether oxygens (including phenoxy) is 2. The Morgan fingerprint density at radius 2 is 1.49 bits per heavy atom. The Morgan fingerprint density at radius 3 is 2.10 bits per heavy atom. The first-order valence-corrected chi connectivity index (χ1v) is 12.0. The summed E-state index contributed by atoms with van der Waals surface area (Å²) >= 11 is 0. The molecule has 0 saturated carbocycles. The van der Waals surface area contributed by atoms with E-state index in [9.17, 15) is 49.0 Å². The fourth-order valence-corrected chi connectivity index (χ4v) is 4.66. The van der Waals surface area contributed by atoms with Crippen molar-refractivity contribution in [2.45, 2.75) is 50.1 Å². The molecule has 2 atom stereocenters. The van der Waals surface area contributed by atoms with Crippen molar-refractivity contribution in [3.8, 4) is 22.6 Å². The highest BCUT2D eigenvalue weighted by molar-refractivity contribution is 5.76. The molecule has 0 aromatic heterocycles. The van der Waals surface area contributed by atoms with E-state index in [1.807, 2.05) is 0 Å². The van der Waals surface area contributed by atoms with Gasteiger partial charge in [0.15, 0.2) is 6.10 Å². The predicted molar refractivity (Wildman–Crippen MR) is 127 cm³/mol. The standard InChI is InChI=1S/C27H21F10NO3/c28-24(29)26(33,34)40-17-9-7-15(8-10-17)21-12-11-20-19(16-3-1-4-18(13-16)41-27(35,36)37)5-2-6-22(20)38(21)14-23(39)25(30,31)32/h1-10,13,21,23-24,39H,11-12,14H2. The second-order valence-corrected chi connectivity index (χ2v) is 9.18. The topological polar surface area (TPSA) is 41.9 Å². The molecule has 2 unspecified atom stereocenters. The smallest absolute Gasteiger partial charge is 0.428 e. The summed E-state index contributed by atoms with van der Waals surface area (Å²) in [6.45, 7) is -0.927. The molecule has 1 aliphatic rings. The first-order chi connectivity index (χ1) is 19.0. The zero-order valence-electron chi connectivity index (χ0n) is 20.7. The van der Waals surface area contributed by atoms with Crippen LogP contribution in [0.25, 0.3) is 11.1 Å². The lowest BCUT2D eigenvalue weighted by Gasteiger charge is -2.41. The summed E-state index contributed by atoms with van der Waals surface area (Å²) in [7, 11) is 0. The molecule has 0 fully saturated rings. The van der Waals surface area contributed by atoms with Crippen molar-refractivity contribution in [1.82, 2.24) is 0 Å². The van der Waals surface area contributed by atoms with Crippen LogP contribution >= 0.6 is 0 Å². The number of halogens is 10. The summed E-state index contributed by atoms with van der Waals surface area (Å²) in [5.74, 6) is -1.09. The van der Waals surface area contributed by atoms with E-state index >= 15 is 0 Å². The van der Waals surface area contributed by atoms with Gasteiger partial charge < -0.3 is 19.5 Å². The molecule has 0 bridgehead atoms. The summed E-state index contributed by atoms with van der Waals surface area (Å²) < 4.78 is 138. The van der Waals surface area contributed by atoms with Crippen molar-refractivity contribution in [3.05, 3.63) is 77.9 Å². The van der Waals surface area contributed by atoms with Crippen LogP contribution in [0.4, 0.5) is 49.6 Å². The van der Waals surface area contributed by atoms with Crippen LogP contribution in [-0.4, -0.2) is 42.8 Å². The molecule has 0 aliphatic carbocycles. The highest BCUT2D eigenvalue weighted by Gasteiger charge is 2.44. The number of fused-ring (bicyclic) bond motifs is 1. The number of alkyl halides is 10. The average Bonchev–Trinajstić information content (AvgIpc) is 2.87. The number of benzene rings is 3. The van der Waals surface area contributed by atoms with Crippen LogP contribution in [-0.2, 0) is 6.42 Å². The van der Waals surface area contributed by atoms with Crippen LogP contribution in [0, 0.1) is 0 Å². The fourth-order valence-electron chi connectivity index (χ4n) is 4.66. The molecular formula is C27H21F10NO3. The van der Waals surface area contributed by atoms with Crippen LogP contribution in [0.3, 0.4) is 0 Å². The van der Waals surface area contributed by atoms with Gasteiger partial charge in [-0.25, -0.2) is 0 Å². The largest absolute Gasteiger partial charge is 0.573 e. The Kier molecular flexibility index (Phi) is 8.35. The van der Waals surface area contributed by atoms with Gasteiger partial charge in [-0.2, -0.15) is 30.7 Å². The van der Waals surface area contributed by atoms with Gasteiger partial charge in [0.25, 0.3) is 0 Å². The third-order valence-electron chi connectivity index (χ3n) is 6.40. The minimum atomic E-state index is -4.98. The molecule has 0 amide bonds. The number of β-amino-alcohol motifs (C(OH)–C–C–N with tert-alkyl or cyclic N) is 1. The normalized spacial score (nSPS) is 16.9. The van der Waals surface area contributed by atoms with Crippen LogP contribution in [0.15, 0.2) is 66.7 Å². The maximum atomic E-state index is 13.4. The molecule has 1 heterocycles. The Balaban J connectivity index is 1.71. The molecule has 3 aromatic rings. The number of hydrogen-bond acceptors (Lipinski definition) is 4. The van der Waals surface area contributed by atoms with Gasteiger partial charge >= 0.3 is 25.1 Å². The molecule has 1 aliphatic heterocycles. The van der Waals surface area contributed by atoms with Crippen molar-refractivity contribution in [2.24, 2.45) is 0 Å². The molecule has 4 nitrogen and oxygen atoms in total. The summed E-state index contributed by atoms with van der Waals surface area (Å²) in [4.78, 5) is 1.26. The van der Waals surface area contributed by atoms with E-state index in [2.05, 4.69) is 9.47 Å². The van der Waals surface area contributed by atoms with Gasteiger partial charge in [0, 0.05) is 5.69 Å². The molecule has 1 N–H and O–H groups in total. The maximum Gasteiger partial charge on any atom is 0.573 e. The van der Waals surface area contributed by atoms with Crippen molar-refractivity contribution in [3.63, 3.8) is 0 Å². The zero-order valence-corrected chi connectivity index (χ0v) is 20.7. The number of anilines is 1. The van der Waals surface area contributed by atoms with Crippen molar-refractivity contribution >= 4 is 5.69 Å². The minimum absolute atomic E-state index is 0.154. The lowest BCUT2D eigenvalue weighted by Crippen LogP contribution is -2.44. The second kappa shape index (κ2) is 11.3. The number of aliphatic hydroxyl groups excluding tert-OH is 1. The number of nitrogens with zero attached hydrogens (tertiary/aromatic N) is 1. The number of hydrogen-bond donors (Lipinski definition) is 1. The van der Waals surface area contributed by atoms with Gasteiger partial charge in [-0.05, 0) is 65.4 Å². The molecule has 3 aromatic carbocycles. The van der Waals surface area contributed by atoms with E-state index < -0.39 is 55.3 Å². The molecular weight excluding hydrogens is 576 g/mol. The van der Waals surface area contributed by atoms with Crippen LogP contribution in [0.5, 0.6) is 11.5 Å². The Bertz CT molecular complexity index is 1340. The quantitative estimate of drug-likeness (QED) is 0.268. The van der Waals surface area contributed by atoms with Crippen molar-refractivity contribution in [1.29, 1.82) is 0 Å². The van der Waals surface area contributed by atoms with Crippen molar-refractivity contribution < 1.29 is 58.5 Å². The first-order valence-electron chi connectivity index (χ1n) is 12.0. The third-order valence-corrected chi connectivity index (χ3v) is 6.40. The Morgan fingerprint density at radius 1 is 0.829 bits per heavy atom. The molecule has 222 valence electrons. The third kappa shape index (κ3) is 7.16. The minimum Gasteiger partial charge on any atom is -0.428 e. The Labute approximate surface area is 226 Å². The summed E-state index contributed by atoms with van der Waals surface area (Å²) in [5.41, 5.74) is 1.81. The molecule has 41 heavy (non-hydrogen) atoms. The van der Waals surface area contributed by atoms with Gasteiger partial charge in [0.1, 0.15) is 11.5 Å². The van der Waals surface area contributed by atoms with Gasteiger partial charge in [0.2, 0.25) is 0 Å². The molecule has 14 heteroatoms. The Hall–Kier alpha value is -3.68. The first kappa shape index (κ1) is 30.3. The molecule has 4 rings (SSSR count). The second-order valence-electron chi connectivity index (χ2n) is 9.18. The van der Waals surface area contributed by atoms with Gasteiger partial charge in [0.05, 0.1) is 12.6 Å². The van der Waals surface area contributed by atoms with Gasteiger partial charge in [-0.3, -0.25) is 0 Å². The monoisotopic (exact) mass is 597 g/mol. The predicted octanol–water partition coefficient (Wildman–Crippen LogP) is 7.91. The average molecular weight is 597 g/mol. The van der Waals surface area contributed by atoms with E-state index in [0.29, 0.717) is 22.3 Å². The SMILES string of the molecule is OC(CN1c2cccc(-c3cccc(OC(F)(F)F)c3)c2CCC1c1ccc(OC(F)(F)C(F)F)cc1)C(F)(F)F. The molecule has 0 spiro atoms. The highest BCUT2D eigenvalue weighted by atomic mass is 19.4. The highest BCUT2D eigenvalue weighted by Crippen LogP contribution is 2.44. The van der Waals surface area contributed by atoms with Crippen LogP contribution < -0.4 is 14.4 Å². The zero-order chi connectivity index (χ0) is 30.2. The van der Waals surface area contributed by atoms with E-state index in [4.69, 9.17) is 0 Å². The van der Waals surface area contributed by atoms with Gasteiger partial charge in [-0.1, -0.05) is 36.4 Å². The summed E-state index contributed by atoms with van der Waals surface area (Å²) in [5, 5.41) is 9.92. The van der Waals surface area contributed by atoms with E-state index in [1.165, 1.54) is 41.3 Å². The number of rotatable bonds is 8. The maximum absolute atomic E-state index is 13.4. The molecule has 0 radical (unpaired) electrons. The lowest BCUT2D eigenvalue weighted by atomic mass is 9.86. The van der Waals surface area contributed by atoms with Gasteiger partial charge in [-0.15, -0.1) is 13.2 Å². The van der Waals surface area contributed by atoms with E-state index in [-0.39, 0.29) is 18.5 Å². The molecule has 0 saturated heterocycles. The van der Waals surface area contributed by atoms with E-state index in [1.54, 1.807) is 6.07 Å². The number of aliphatic hydroxyl groups is 1. The van der Waals surface area contributed by atoms with Crippen LogP contribution in [0.2, 0.25) is 0 Å². The lowest BCUT2D eigenvalue weighted by molar-refractivity contribution is -0.274. The van der Waals surface area contributed by atoms with E-state index in [0.717, 1.165) is 24.3 Å².